The van der Waals surface area contributed by atoms with Crippen LogP contribution >= 0.6 is 0 Å². The Morgan fingerprint density at radius 1 is 1.12 bits per heavy atom. The van der Waals surface area contributed by atoms with Crippen LogP contribution in [0.5, 0.6) is 0 Å². The highest BCUT2D eigenvalue weighted by molar-refractivity contribution is 4.73. The highest BCUT2D eigenvalue weighted by Crippen LogP contribution is 2.15. The van der Waals surface area contributed by atoms with Gasteiger partial charge in [-0.05, 0) is 64.7 Å². The molecule has 0 bridgehead atoms. The van der Waals surface area contributed by atoms with E-state index < -0.39 is 0 Å². The van der Waals surface area contributed by atoms with E-state index in [9.17, 15) is 0 Å². The summed E-state index contributed by atoms with van der Waals surface area (Å²) in [4.78, 5) is 2.45. The van der Waals surface area contributed by atoms with Crippen molar-refractivity contribution in [1.29, 1.82) is 0 Å². The van der Waals surface area contributed by atoms with Crippen LogP contribution in [0.4, 0.5) is 0 Å². The fraction of sp³-hybridized carbons (Fsp3) is 1.00. The molecule has 0 aromatic rings. The number of nitrogens with zero attached hydrogens (tertiary/aromatic N) is 1. The summed E-state index contributed by atoms with van der Waals surface area (Å²) in [5.41, 5.74) is 0. The highest BCUT2D eigenvalue weighted by atomic mass is 15.1. The largest absolute Gasteiger partial charge is 0.314 e. The minimum absolute atomic E-state index is 0.702. The van der Waals surface area contributed by atoms with E-state index in [2.05, 4.69) is 38.0 Å². The summed E-state index contributed by atoms with van der Waals surface area (Å²) < 4.78 is 0. The Labute approximate surface area is 108 Å². The van der Waals surface area contributed by atoms with Gasteiger partial charge in [0.05, 0.1) is 0 Å². The SMILES string of the molecule is CC(C)CCCC(C)NCC1CCN(C)CC1. The first-order chi connectivity index (χ1) is 8.08. The van der Waals surface area contributed by atoms with Gasteiger partial charge >= 0.3 is 0 Å². The molecule has 102 valence electrons. The molecule has 0 spiro atoms. The van der Waals surface area contributed by atoms with Crippen molar-refractivity contribution in [3.05, 3.63) is 0 Å². The highest BCUT2D eigenvalue weighted by Gasteiger charge is 2.16. The van der Waals surface area contributed by atoms with Crippen LogP contribution in [-0.2, 0) is 0 Å². The van der Waals surface area contributed by atoms with Crippen LogP contribution in [0.3, 0.4) is 0 Å². The van der Waals surface area contributed by atoms with Crippen molar-refractivity contribution >= 4 is 0 Å². The quantitative estimate of drug-likeness (QED) is 0.735. The Balaban J connectivity index is 2.01. The maximum Gasteiger partial charge on any atom is 0.00388 e. The minimum atomic E-state index is 0.702. The van der Waals surface area contributed by atoms with E-state index in [4.69, 9.17) is 0 Å². The molecule has 1 aliphatic heterocycles. The molecule has 17 heavy (non-hydrogen) atoms. The van der Waals surface area contributed by atoms with Gasteiger partial charge in [-0.1, -0.05) is 26.7 Å². The molecule has 1 N–H and O–H groups in total. The first-order valence-electron chi connectivity index (χ1n) is 7.50. The zero-order valence-electron chi connectivity index (χ0n) is 12.3. The van der Waals surface area contributed by atoms with Crippen molar-refractivity contribution in [2.24, 2.45) is 11.8 Å². The van der Waals surface area contributed by atoms with Gasteiger partial charge in [0.1, 0.15) is 0 Å². The summed E-state index contributed by atoms with van der Waals surface area (Å²) in [7, 11) is 2.23. The normalized spacial score (nSPS) is 21.0. The molecule has 2 nitrogen and oxygen atoms in total. The second-order valence-electron chi connectivity index (χ2n) is 6.38. The van der Waals surface area contributed by atoms with Crippen molar-refractivity contribution in [3.8, 4) is 0 Å². The number of rotatable bonds is 7. The molecule has 1 atom stereocenters. The van der Waals surface area contributed by atoms with Crippen LogP contribution in [0, 0.1) is 11.8 Å². The van der Waals surface area contributed by atoms with Gasteiger partial charge in [-0.3, -0.25) is 0 Å². The standard InChI is InChI=1S/C15H32N2/c1-13(2)6-5-7-14(3)16-12-15-8-10-17(4)11-9-15/h13-16H,5-12H2,1-4H3. The first kappa shape index (κ1) is 15.0. The monoisotopic (exact) mass is 240 g/mol. The van der Waals surface area contributed by atoms with E-state index in [1.165, 1.54) is 51.7 Å². The van der Waals surface area contributed by atoms with Gasteiger partial charge < -0.3 is 10.2 Å². The lowest BCUT2D eigenvalue weighted by Gasteiger charge is -2.30. The molecule has 1 fully saturated rings. The summed E-state index contributed by atoms with van der Waals surface area (Å²) in [5, 5.41) is 3.72. The molecule has 1 saturated heterocycles. The molecule has 0 aliphatic carbocycles. The molecule has 1 unspecified atom stereocenters. The van der Waals surface area contributed by atoms with Gasteiger partial charge in [0, 0.05) is 6.04 Å². The van der Waals surface area contributed by atoms with Crippen molar-refractivity contribution in [1.82, 2.24) is 10.2 Å². The van der Waals surface area contributed by atoms with Crippen LogP contribution in [0.25, 0.3) is 0 Å². The van der Waals surface area contributed by atoms with E-state index in [0.717, 1.165) is 11.8 Å². The Bertz CT molecular complexity index is 183. The number of nitrogens with one attached hydrogen (secondary N) is 1. The Hall–Kier alpha value is -0.0800. The second-order valence-corrected chi connectivity index (χ2v) is 6.38. The third kappa shape index (κ3) is 7.05. The van der Waals surface area contributed by atoms with Gasteiger partial charge in [-0.2, -0.15) is 0 Å². The maximum atomic E-state index is 3.72. The summed E-state index contributed by atoms with van der Waals surface area (Å²) in [5.74, 6) is 1.77. The average Bonchev–Trinajstić information content (AvgIpc) is 2.28. The van der Waals surface area contributed by atoms with E-state index in [-0.39, 0.29) is 0 Å². The van der Waals surface area contributed by atoms with Gasteiger partial charge in [0.2, 0.25) is 0 Å². The van der Waals surface area contributed by atoms with Gasteiger partial charge in [-0.25, -0.2) is 0 Å². The van der Waals surface area contributed by atoms with E-state index in [1.54, 1.807) is 0 Å². The molecule has 0 aromatic carbocycles. The number of likely N-dealkylation sites (tertiary alicyclic amines) is 1. The van der Waals surface area contributed by atoms with E-state index in [0.29, 0.717) is 6.04 Å². The van der Waals surface area contributed by atoms with Crippen LogP contribution in [-0.4, -0.2) is 37.6 Å². The minimum Gasteiger partial charge on any atom is -0.314 e. The molecule has 1 heterocycles. The fourth-order valence-corrected chi connectivity index (χ4v) is 2.57. The summed E-state index contributed by atoms with van der Waals surface area (Å²) in [6.07, 6.45) is 6.84. The van der Waals surface area contributed by atoms with Crippen LogP contribution in [0.15, 0.2) is 0 Å². The molecule has 0 amide bonds. The molecule has 0 radical (unpaired) electrons. The number of piperidine rings is 1. The summed E-state index contributed by atoms with van der Waals surface area (Å²) >= 11 is 0. The molecular formula is C15H32N2. The van der Waals surface area contributed by atoms with Crippen LogP contribution < -0.4 is 5.32 Å². The molecule has 0 saturated carbocycles. The van der Waals surface area contributed by atoms with E-state index >= 15 is 0 Å². The Kier molecular flexibility index (Phi) is 7.14. The summed E-state index contributed by atoms with van der Waals surface area (Å²) in [6, 6.07) is 0.702. The van der Waals surface area contributed by atoms with Gasteiger partial charge in [0.15, 0.2) is 0 Å². The smallest absolute Gasteiger partial charge is 0.00388 e. The molecule has 2 heteroatoms. The zero-order chi connectivity index (χ0) is 12.7. The average molecular weight is 240 g/mol. The number of hydrogen-bond acceptors (Lipinski definition) is 2. The van der Waals surface area contributed by atoms with Crippen molar-refractivity contribution in [2.45, 2.75) is 58.9 Å². The third-order valence-electron chi connectivity index (χ3n) is 4.01. The summed E-state index contributed by atoms with van der Waals surface area (Å²) in [6.45, 7) is 10.8. The van der Waals surface area contributed by atoms with Gasteiger partial charge in [0.25, 0.3) is 0 Å². The predicted molar refractivity (Wildman–Crippen MR) is 76.4 cm³/mol. The molecule has 1 aliphatic rings. The lowest BCUT2D eigenvalue weighted by molar-refractivity contribution is 0.212. The fourth-order valence-electron chi connectivity index (χ4n) is 2.57. The van der Waals surface area contributed by atoms with Gasteiger partial charge in [-0.15, -0.1) is 0 Å². The second kappa shape index (κ2) is 8.10. The topological polar surface area (TPSA) is 15.3 Å². The molecular weight excluding hydrogens is 208 g/mol. The molecule has 0 aromatic heterocycles. The van der Waals surface area contributed by atoms with E-state index in [1.807, 2.05) is 0 Å². The first-order valence-corrected chi connectivity index (χ1v) is 7.50. The van der Waals surface area contributed by atoms with Crippen molar-refractivity contribution < 1.29 is 0 Å². The van der Waals surface area contributed by atoms with Crippen LogP contribution in [0.2, 0.25) is 0 Å². The third-order valence-corrected chi connectivity index (χ3v) is 4.01. The van der Waals surface area contributed by atoms with Crippen molar-refractivity contribution in [3.63, 3.8) is 0 Å². The van der Waals surface area contributed by atoms with Crippen molar-refractivity contribution in [2.75, 3.05) is 26.7 Å². The lowest BCUT2D eigenvalue weighted by Crippen LogP contribution is -2.37. The Morgan fingerprint density at radius 2 is 1.76 bits per heavy atom. The Morgan fingerprint density at radius 3 is 2.35 bits per heavy atom. The predicted octanol–water partition coefficient (Wildman–Crippen LogP) is 3.13. The zero-order valence-corrected chi connectivity index (χ0v) is 12.3. The maximum absolute atomic E-state index is 3.72. The van der Waals surface area contributed by atoms with Crippen LogP contribution in [0.1, 0.15) is 52.9 Å². The molecule has 1 rings (SSSR count). The number of hydrogen-bond donors (Lipinski definition) is 1. The lowest BCUT2D eigenvalue weighted by atomic mass is 9.96.